The normalized spacial score (nSPS) is 16.8. The Bertz CT molecular complexity index is 883. The number of likely N-dealkylation sites (tertiary alicyclic amines) is 1. The molecule has 1 aliphatic rings. The van der Waals surface area contributed by atoms with Crippen LogP contribution >= 0.6 is 23.2 Å². The molecule has 0 aromatic heterocycles. The van der Waals surface area contributed by atoms with Crippen molar-refractivity contribution in [1.29, 1.82) is 0 Å². The van der Waals surface area contributed by atoms with Gasteiger partial charge in [-0.05, 0) is 82.3 Å². The predicted octanol–water partition coefficient (Wildman–Crippen LogP) is 2.84. The Labute approximate surface area is 225 Å². The second-order valence-electron chi connectivity index (χ2n) is 10.0. The van der Waals surface area contributed by atoms with Gasteiger partial charge in [0.1, 0.15) is 6.04 Å². The molecule has 1 unspecified atom stereocenters. The van der Waals surface area contributed by atoms with Gasteiger partial charge in [0.25, 0.3) is 0 Å². The Kier molecular flexibility index (Phi) is 13.0. The summed E-state index contributed by atoms with van der Waals surface area (Å²) in [6.07, 6.45) is 4.91. The zero-order valence-corrected chi connectivity index (χ0v) is 23.2. The lowest BCUT2D eigenvalue weighted by atomic mass is 10.0. The van der Waals surface area contributed by atoms with E-state index in [1.807, 2.05) is 6.07 Å². The molecule has 36 heavy (non-hydrogen) atoms. The van der Waals surface area contributed by atoms with E-state index in [9.17, 15) is 14.4 Å². The van der Waals surface area contributed by atoms with Crippen molar-refractivity contribution in [2.24, 2.45) is 11.7 Å². The van der Waals surface area contributed by atoms with Gasteiger partial charge in [-0.25, -0.2) is 0 Å². The summed E-state index contributed by atoms with van der Waals surface area (Å²) in [7, 11) is 2.09. The first-order valence-electron chi connectivity index (χ1n) is 12.8. The van der Waals surface area contributed by atoms with E-state index in [1.54, 1.807) is 12.1 Å². The molecule has 1 fully saturated rings. The van der Waals surface area contributed by atoms with Crippen LogP contribution in [-0.2, 0) is 20.8 Å². The van der Waals surface area contributed by atoms with E-state index in [4.69, 9.17) is 28.9 Å². The van der Waals surface area contributed by atoms with Crippen LogP contribution in [0.4, 0.5) is 0 Å². The topological polar surface area (TPSA) is 108 Å². The average molecular weight is 543 g/mol. The maximum atomic E-state index is 13.4. The van der Waals surface area contributed by atoms with Crippen LogP contribution in [0, 0.1) is 5.92 Å². The minimum absolute atomic E-state index is 0.0696. The van der Waals surface area contributed by atoms with Crippen molar-refractivity contribution < 1.29 is 14.4 Å². The molecule has 0 bridgehead atoms. The third-order valence-electron chi connectivity index (χ3n) is 6.60. The highest BCUT2D eigenvalue weighted by Gasteiger charge is 2.29. The lowest BCUT2D eigenvalue weighted by molar-refractivity contribution is -0.139. The summed E-state index contributed by atoms with van der Waals surface area (Å²) in [5, 5.41) is 7.19. The van der Waals surface area contributed by atoms with Crippen LogP contribution in [0.2, 0.25) is 10.0 Å². The van der Waals surface area contributed by atoms with Crippen LogP contribution in [0.1, 0.15) is 51.5 Å². The SMILES string of the molecule is CC(C)CCN(CC(N)=O)C(=O)C(CC[C@@H]1CCCN1C)NC(=O)CNCCc1ccc(Cl)cc1Cl. The first kappa shape index (κ1) is 30.4. The third-order valence-corrected chi connectivity index (χ3v) is 7.19. The summed E-state index contributed by atoms with van der Waals surface area (Å²) < 4.78 is 0. The zero-order chi connectivity index (χ0) is 26.7. The van der Waals surface area contributed by atoms with E-state index in [-0.39, 0.29) is 24.9 Å². The van der Waals surface area contributed by atoms with Crippen LogP contribution in [0.3, 0.4) is 0 Å². The molecule has 0 aliphatic carbocycles. The van der Waals surface area contributed by atoms with E-state index in [1.165, 1.54) is 4.90 Å². The van der Waals surface area contributed by atoms with Gasteiger partial charge in [-0.2, -0.15) is 0 Å². The summed E-state index contributed by atoms with van der Waals surface area (Å²) >= 11 is 12.2. The summed E-state index contributed by atoms with van der Waals surface area (Å²) in [6, 6.07) is 5.03. The highest BCUT2D eigenvalue weighted by atomic mass is 35.5. The van der Waals surface area contributed by atoms with Gasteiger partial charge in [0.15, 0.2) is 0 Å². The Morgan fingerprint density at radius 1 is 1.22 bits per heavy atom. The Morgan fingerprint density at radius 2 is 1.97 bits per heavy atom. The van der Waals surface area contributed by atoms with E-state index in [0.29, 0.717) is 47.9 Å². The Morgan fingerprint density at radius 3 is 2.58 bits per heavy atom. The average Bonchev–Trinajstić information content (AvgIpc) is 3.22. The van der Waals surface area contributed by atoms with Gasteiger partial charge in [0.05, 0.1) is 13.1 Å². The van der Waals surface area contributed by atoms with Crippen molar-refractivity contribution in [1.82, 2.24) is 20.4 Å². The predicted molar refractivity (Wildman–Crippen MR) is 145 cm³/mol. The van der Waals surface area contributed by atoms with Crippen LogP contribution in [-0.4, -0.2) is 79.4 Å². The number of nitrogens with one attached hydrogen (secondary N) is 2. The molecule has 4 N–H and O–H groups in total. The standard InChI is InChI=1S/C26H41Cl2N5O3/c1-18(2)11-14-33(17-24(29)34)26(36)23(9-8-21-5-4-13-32(21)3)31-25(35)16-30-12-10-19-6-7-20(27)15-22(19)28/h6-7,15,18,21,23,30H,4-5,8-14,16-17H2,1-3H3,(H2,29,34)(H,31,35)/t21-,23?/m0/s1. The third kappa shape index (κ3) is 10.6. The largest absolute Gasteiger partial charge is 0.368 e. The maximum Gasteiger partial charge on any atom is 0.245 e. The number of carbonyl (C=O) groups is 3. The molecule has 8 nitrogen and oxygen atoms in total. The van der Waals surface area contributed by atoms with Crippen molar-refractivity contribution in [3.63, 3.8) is 0 Å². The van der Waals surface area contributed by atoms with Gasteiger partial charge >= 0.3 is 0 Å². The lowest BCUT2D eigenvalue weighted by Crippen LogP contribution is -2.52. The number of nitrogens with two attached hydrogens (primary N) is 1. The maximum absolute atomic E-state index is 13.4. The van der Waals surface area contributed by atoms with Crippen molar-refractivity contribution in [2.75, 3.05) is 39.8 Å². The van der Waals surface area contributed by atoms with Crippen molar-refractivity contribution in [3.8, 4) is 0 Å². The smallest absolute Gasteiger partial charge is 0.245 e. The summed E-state index contributed by atoms with van der Waals surface area (Å²) in [5.74, 6) is -0.712. The van der Waals surface area contributed by atoms with Gasteiger partial charge in [-0.3, -0.25) is 14.4 Å². The number of rotatable bonds is 15. The fourth-order valence-corrected chi connectivity index (χ4v) is 4.95. The Hall–Kier alpha value is -1.87. The summed E-state index contributed by atoms with van der Waals surface area (Å²) in [6.45, 7) is 6.05. The molecule has 0 saturated carbocycles. The molecule has 0 spiro atoms. The molecular formula is C26H41Cl2N5O3. The van der Waals surface area contributed by atoms with E-state index in [2.05, 4.69) is 36.4 Å². The highest BCUT2D eigenvalue weighted by molar-refractivity contribution is 6.35. The number of nitrogens with zero attached hydrogens (tertiary/aromatic N) is 2. The summed E-state index contributed by atoms with van der Waals surface area (Å²) in [5.41, 5.74) is 6.36. The lowest BCUT2D eigenvalue weighted by Gasteiger charge is -2.29. The fraction of sp³-hybridized carbons (Fsp3) is 0.654. The molecule has 2 atom stereocenters. The molecule has 2 rings (SSSR count). The molecule has 1 saturated heterocycles. The van der Waals surface area contributed by atoms with Crippen molar-refractivity contribution in [3.05, 3.63) is 33.8 Å². The second-order valence-corrected chi connectivity index (χ2v) is 10.9. The van der Waals surface area contributed by atoms with Crippen molar-refractivity contribution >= 4 is 40.9 Å². The number of hydrogen-bond donors (Lipinski definition) is 3. The monoisotopic (exact) mass is 541 g/mol. The molecule has 202 valence electrons. The molecule has 10 heteroatoms. The molecule has 1 aliphatic heterocycles. The number of benzene rings is 1. The number of primary amides is 1. The highest BCUT2D eigenvalue weighted by Crippen LogP contribution is 2.22. The zero-order valence-electron chi connectivity index (χ0n) is 21.7. The van der Waals surface area contributed by atoms with Crippen molar-refractivity contribution in [2.45, 2.75) is 64.5 Å². The molecule has 1 heterocycles. The molecular weight excluding hydrogens is 501 g/mol. The van der Waals surface area contributed by atoms with Crippen LogP contribution < -0.4 is 16.4 Å². The van der Waals surface area contributed by atoms with E-state index in [0.717, 1.165) is 37.8 Å². The van der Waals surface area contributed by atoms with Gasteiger partial charge in [-0.15, -0.1) is 0 Å². The van der Waals surface area contributed by atoms with Gasteiger partial charge in [0.2, 0.25) is 17.7 Å². The second kappa shape index (κ2) is 15.4. The minimum Gasteiger partial charge on any atom is -0.368 e. The molecule has 1 aromatic carbocycles. The van der Waals surface area contributed by atoms with Crippen LogP contribution in [0.25, 0.3) is 0 Å². The number of hydrogen-bond acceptors (Lipinski definition) is 5. The minimum atomic E-state index is -0.703. The quantitative estimate of drug-likeness (QED) is 0.296. The van der Waals surface area contributed by atoms with Gasteiger partial charge in [0, 0.05) is 22.6 Å². The van der Waals surface area contributed by atoms with E-state index >= 15 is 0 Å². The Balaban J connectivity index is 1.97. The number of amides is 3. The first-order valence-corrected chi connectivity index (χ1v) is 13.5. The number of halogens is 2. The molecule has 1 aromatic rings. The fourth-order valence-electron chi connectivity index (χ4n) is 4.44. The van der Waals surface area contributed by atoms with E-state index < -0.39 is 11.9 Å². The van der Waals surface area contributed by atoms with Gasteiger partial charge in [-0.1, -0.05) is 43.1 Å². The van der Waals surface area contributed by atoms with Gasteiger partial charge < -0.3 is 26.2 Å². The molecule has 3 amide bonds. The first-order chi connectivity index (χ1) is 17.1. The molecule has 0 radical (unpaired) electrons. The number of carbonyl (C=O) groups excluding carboxylic acids is 3. The van der Waals surface area contributed by atoms with Crippen LogP contribution in [0.15, 0.2) is 18.2 Å². The summed E-state index contributed by atoms with van der Waals surface area (Å²) in [4.78, 5) is 41.6. The van der Waals surface area contributed by atoms with Crippen LogP contribution in [0.5, 0.6) is 0 Å².